The molecule has 12 heavy (non-hydrogen) atoms. The molecule has 65 valence electrons. The van der Waals surface area contributed by atoms with Gasteiger partial charge in [0.2, 0.25) is 0 Å². The third kappa shape index (κ3) is 2.55. The zero-order chi connectivity index (χ0) is 9.14. The molecule has 0 bridgehead atoms. The van der Waals surface area contributed by atoms with Crippen molar-refractivity contribution in [1.29, 1.82) is 0 Å². The van der Waals surface area contributed by atoms with Crippen molar-refractivity contribution < 1.29 is 0 Å². The summed E-state index contributed by atoms with van der Waals surface area (Å²) in [7, 11) is 0. The number of rotatable bonds is 2. The molecule has 0 atom stereocenters. The van der Waals surface area contributed by atoms with Crippen molar-refractivity contribution in [2.24, 2.45) is 0 Å². The molecule has 1 rings (SSSR count). The van der Waals surface area contributed by atoms with E-state index in [1.165, 1.54) is 0 Å². The summed E-state index contributed by atoms with van der Waals surface area (Å²) < 4.78 is 0. The number of alkyl halides is 1. The van der Waals surface area contributed by atoms with Crippen molar-refractivity contribution in [3.05, 3.63) is 39.7 Å². The molecule has 1 aromatic carbocycles. The molecule has 0 saturated heterocycles. The van der Waals surface area contributed by atoms with Crippen LogP contribution in [-0.2, 0) is 0 Å². The molecule has 0 amide bonds. The highest BCUT2D eigenvalue weighted by Crippen LogP contribution is 2.24. The maximum Gasteiger partial charge on any atom is 0.0423 e. The summed E-state index contributed by atoms with van der Waals surface area (Å²) in [4.78, 5) is 0. The van der Waals surface area contributed by atoms with Gasteiger partial charge in [-0.2, -0.15) is 0 Å². The quantitative estimate of drug-likeness (QED) is 0.659. The monoisotopic (exact) mass is 221 g/mol. The van der Waals surface area contributed by atoms with Gasteiger partial charge in [-0.15, -0.1) is 11.6 Å². The molecule has 0 unspecified atom stereocenters. The van der Waals surface area contributed by atoms with Crippen molar-refractivity contribution in [1.82, 2.24) is 0 Å². The minimum atomic E-state index is 0.497. The standard InChI is InChI=1S/C9H8Cl3/c1-6(5-10)7-2-8(11)4-9(12)3-7/h2-4H,5H2,1H3. The molecule has 0 heterocycles. The van der Waals surface area contributed by atoms with Gasteiger partial charge in [-0.3, -0.25) is 0 Å². The summed E-state index contributed by atoms with van der Waals surface area (Å²) in [5.41, 5.74) is 1.00. The van der Waals surface area contributed by atoms with Crippen LogP contribution in [-0.4, -0.2) is 5.88 Å². The van der Waals surface area contributed by atoms with Gasteiger partial charge in [0.25, 0.3) is 0 Å². The van der Waals surface area contributed by atoms with Crippen LogP contribution in [0.1, 0.15) is 12.5 Å². The van der Waals surface area contributed by atoms with Crippen LogP contribution in [0.25, 0.3) is 0 Å². The topological polar surface area (TPSA) is 0 Å². The predicted molar refractivity (Wildman–Crippen MR) is 55.2 cm³/mol. The van der Waals surface area contributed by atoms with E-state index in [2.05, 4.69) is 0 Å². The van der Waals surface area contributed by atoms with Gasteiger partial charge >= 0.3 is 0 Å². The average molecular weight is 223 g/mol. The first kappa shape index (κ1) is 10.2. The van der Waals surface area contributed by atoms with Crippen LogP contribution in [0.4, 0.5) is 0 Å². The molecule has 0 N–H and O–H groups in total. The second-order valence-electron chi connectivity index (χ2n) is 2.57. The Morgan fingerprint density at radius 2 is 1.67 bits per heavy atom. The van der Waals surface area contributed by atoms with Gasteiger partial charge in [-0.25, -0.2) is 0 Å². The highest BCUT2D eigenvalue weighted by molar-refractivity contribution is 6.34. The van der Waals surface area contributed by atoms with E-state index in [0.29, 0.717) is 15.9 Å². The summed E-state index contributed by atoms with van der Waals surface area (Å²) in [6.07, 6.45) is 0. The lowest BCUT2D eigenvalue weighted by molar-refractivity contribution is 1.16. The molecule has 0 aliphatic rings. The van der Waals surface area contributed by atoms with E-state index < -0.39 is 0 Å². The maximum absolute atomic E-state index is 5.81. The molecule has 0 aromatic heterocycles. The molecule has 3 heteroatoms. The lowest BCUT2D eigenvalue weighted by Crippen LogP contribution is -1.95. The Morgan fingerprint density at radius 3 is 2.08 bits per heavy atom. The molecule has 0 saturated carbocycles. The zero-order valence-corrected chi connectivity index (χ0v) is 8.84. The number of halogens is 3. The number of hydrogen-bond acceptors (Lipinski definition) is 0. The smallest absolute Gasteiger partial charge is 0.0423 e. The summed E-state index contributed by atoms with van der Waals surface area (Å²) in [6.45, 7) is 1.95. The fourth-order valence-electron chi connectivity index (χ4n) is 0.877. The van der Waals surface area contributed by atoms with Crippen LogP contribution < -0.4 is 0 Å². The molecule has 1 radical (unpaired) electrons. The lowest BCUT2D eigenvalue weighted by atomic mass is 10.0. The number of benzene rings is 1. The molecule has 0 fully saturated rings. The predicted octanol–water partition coefficient (Wildman–Crippen LogP) is 4.17. The lowest BCUT2D eigenvalue weighted by Gasteiger charge is -2.07. The molecule has 0 aliphatic carbocycles. The largest absolute Gasteiger partial charge is 0.126 e. The molecule has 0 aliphatic heterocycles. The molecule has 0 nitrogen and oxygen atoms in total. The second kappa shape index (κ2) is 4.36. The van der Waals surface area contributed by atoms with Gasteiger partial charge in [0.15, 0.2) is 0 Å². The van der Waals surface area contributed by atoms with Gasteiger partial charge < -0.3 is 0 Å². The van der Waals surface area contributed by atoms with Crippen LogP contribution in [0, 0.1) is 5.92 Å². The van der Waals surface area contributed by atoms with E-state index in [1.807, 2.05) is 19.1 Å². The Morgan fingerprint density at radius 1 is 1.17 bits per heavy atom. The molecular formula is C9H8Cl3. The maximum atomic E-state index is 5.81. The molecule has 1 aromatic rings. The third-order valence-electron chi connectivity index (χ3n) is 1.56. The summed E-state index contributed by atoms with van der Waals surface area (Å²) >= 11 is 17.3. The van der Waals surface area contributed by atoms with Crippen LogP contribution in [0.2, 0.25) is 10.0 Å². The van der Waals surface area contributed by atoms with E-state index in [-0.39, 0.29) is 0 Å². The van der Waals surface area contributed by atoms with E-state index in [9.17, 15) is 0 Å². The molecule has 0 spiro atoms. The Balaban J connectivity index is 3.00. The van der Waals surface area contributed by atoms with E-state index in [1.54, 1.807) is 6.07 Å². The highest BCUT2D eigenvalue weighted by Gasteiger charge is 2.06. The Hall–Kier alpha value is 0.0900. The van der Waals surface area contributed by atoms with E-state index in [4.69, 9.17) is 34.8 Å². The van der Waals surface area contributed by atoms with Gasteiger partial charge in [-0.05, 0) is 23.8 Å². The van der Waals surface area contributed by atoms with E-state index >= 15 is 0 Å². The Bertz CT molecular complexity index is 250. The fraction of sp³-hybridized carbons (Fsp3) is 0.222. The van der Waals surface area contributed by atoms with Crippen LogP contribution >= 0.6 is 34.8 Å². The van der Waals surface area contributed by atoms with Crippen molar-refractivity contribution in [3.63, 3.8) is 0 Å². The van der Waals surface area contributed by atoms with E-state index in [0.717, 1.165) is 11.5 Å². The summed E-state index contributed by atoms with van der Waals surface area (Å²) in [5, 5.41) is 1.28. The van der Waals surface area contributed by atoms with Gasteiger partial charge in [0.1, 0.15) is 0 Å². The van der Waals surface area contributed by atoms with Gasteiger partial charge in [0.05, 0.1) is 0 Å². The first-order valence-corrected chi connectivity index (χ1v) is 4.77. The first-order chi connectivity index (χ1) is 5.63. The van der Waals surface area contributed by atoms with Gasteiger partial charge in [-0.1, -0.05) is 30.1 Å². The third-order valence-corrected chi connectivity index (χ3v) is 2.39. The minimum Gasteiger partial charge on any atom is -0.126 e. The Labute approximate surface area is 87.4 Å². The SMILES string of the molecule is C[C](CCl)c1cc(Cl)cc(Cl)c1. The highest BCUT2D eigenvalue weighted by atomic mass is 35.5. The normalized spacial score (nSPS) is 10.8. The van der Waals surface area contributed by atoms with Crippen molar-refractivity contribution in [3.8, 4) is 0 Å². The van der Waals surface area contributed by atoms with Crippen LogP contribution in [0.15, 0.2) is 18.2 Å². The average Bonchev–Trinajstić information content (AvgIpc) is 2.01. The Kier molecular flexibility index (Phi) is 3.70. The van der Waals surface area contributed by atoms with Gasteiger partial charge in [0, 0.05) is 21.8 Å². The fourth-order valence-corrected chi connectivity index (χ4v) is 1.56. The van der Waals surface area contributed by atoms with Crippen molar-refractivity contribution in [2.45, 2.75) is 6.92 Å². The van der Waals surface area contributed by atoms with Crippen LogP contribution in [0.5, 0.6) is 0 Å². The second-order valence-corrected chi connectivity index (χ2v) is 3.71. The zero-order valence-electron chi connectivity index (χ0n) is 6.57. The van der Waals surface area contributed by atoms with Crippen molar-refractivity contribution >= 4 is 34.8 Å². The molecular weight excluding hydrogens is 214 g/mol. The summed E-state index contributed by atoms with van der Waals surface area (Å²) in [6, 6.07) is 5.41. The number of hydrogen-bond donors (Lipinski definition) is 0. The van der Waals surface area contributed by atoms with Crippen LogP contribution in [0.3, 0.4) is 0 Å². The van der Waals surface area contributed by atoms with Crippen molar-refractivity contribution in [2.75, 3.05) is 5.88 Å². The summed E-state index contributed by atoms with van der Waals surface area (Å²) in [5.74, 6) is 1.57. The first-order valence-electron chi connectivity index (χ1n) is 3.48. The minimum absolute atomic E-state index is 0.497.